The molecule has 0 aromatic carbocycles. The Bertz CT molecular complexity index is 206. The van der Waals surface area contributed by atoms with Gasteiger partial charge in [0.25, 0.3) is 0 Å². The Morgan fingerprint density at radius 3 is 1.39 bits per heavy atom. The van der Waals surface area contributed by atoms with Crippen LogP contribution in [-0.2, 0) is 31.9 Å². The fraction of sp³-hybridized carbons (Fsp3) is 1.00. The van der Waals surface area contributed by atoms with E-state index in [4.69, 9.17) is 0 Å². The second-order valence-corrected chi connectivity index (χ2v) is 6.54. The first-order chi connectivity index (χ1) is 8.06. The molecule has 5 heteroatoms. The van der Waals surface area contributed by atoms with Gasteiger partial charge in [-0.25, -0.2) is 0 Å². The molecule has 0 heterocycles. The maximum Gasteiger partial charge on any atom is 2.00 e. The number of hydrogen-bond donors (Lipinski definition) is 0. The van der Waals surface area contributed by atoms with Crippen LogP contribution in [0.25, 0.3) is 0 Å². The van der Waals surface area contributed by atoms with Crippen molar-refractivity contribution in [2.24, 2.45) is 0 Å². The van der Waals surface area contributed by atoms with E-state index in [-0.39, 0.29) is 33.5 Å². The second-order valence-electron chi connectivity index (χ2n) is 4.87. The summed E-state index contributed by atoms with van der Waals surface area (Å²) in [5.74, 6) is 0. The third kappa shape index (κ3) is 19.4. The Kier molecular flexibility index (Phi) is 17.2. The third-order valence-electron chi connectivity index (χ3n) is 3.04. The van der Waals surface area contributed by atoms with Crippen LogP contribution < -0.4 is 9.79 Å². The average Bonchev–Trinajstić information content (AvgIpc) is 2.24. The first-order valence-corrected chi connectivity index (χ1v) is 8.80. The molecule has 0 saturated carbocycles. The van der Waals surface area contributed by atoms with E-state index in [9.17, 15) is 14.4 Å². The molecule has 0 aliphatic rings. The summed E-state index contributed by atoms with van der Waals surface area (Å²) in [6, 6.07) is 0. The molecule has 0 saturated heterocycles. The predicted octanol–water partition coefficient (Wildman–Crippen LogP) is 3.21. The molecule has 0 amide bonds. The quantitative estimate of drug-likeness (QED) is 0.299. The summed E-state index contributed by atoms with van der Waals surface area (Å²) in [5.41, 5.74) is 0. The van der Waals surface area contributed by atoms with Gasteiger partial charge in [0.2, 0.25) is 0 Å². The summed E-state index contributed by atoms with van der Waals surface area (Å²) < 4.78 is 10.4. The van der Waals surface area contributed by atoms with Crippen molar-refractivity contribution in [1.29, 1.82) is 0 Å². The third-order valence-corrected chi connectivity index (χ3v) is 3.90. The Hall–Kier alpha value is 1.07. The minimum atomic E-state index is -4.24. The first kappa shape index (κ1) is 21.4. The maximum absolute atomic E-state index is 10.4. The molecule has 0 radical (unpaired) electrons. The molecular weight excluding hydrogens is 348 g/mol. The minimum Gasteiger partial charge on any atom is -0.811 e. The smallest absolute Gasteiger partial charge is 0.811 e. The van der Waals surface area contributed by atoms with Gasteiger partial charge >= 0.3 is 27.3 Å². The van der Waals surface area contributed by atoms with E-state index in [0.717, 1.165) is 12.8 Å². The normalized spacial score (nSPS) is 11.3. The van der Waals surface area contributed by atoms with Gasteiger partial charge in [-0.05, 0) is 12.6 Å². The number of hydrogen-bond acceptors (Lipinski definition) is 3. The number of rotatable bonds is 12. The molecule has 0 rings (SSSR count). The summed E-state index contributed by atoms with van der Waals surface area (Å²) >= 11 is 0. The van der Waals surface area contributed by atoms with E-state index in [0.29, 0.717) is 6.42 Å². The van der Waals surface area contributed by atoms with Gasteiger partial charge in [0.1, 0.15) is 0 Å². The zero-order valence-corrected chi connectivity index (χ0v) is 16.8. The Labute approximate surface area is 132 Å². The summed E-state index contributed by atoms with van der Waals surface area (Å²) in [5, 5.41) is 0. The molecule has 0 aliphatic carbocycles. The van der Waals surface area contributed by atoms with Gasteiger partial charge in [0.05, 0.1) is 0 Å². The van der Waals surface area contributed by atoms with E-state index in [1.165, 1.54) is 51.4 Å². The summed E-state index contributed by atoms with van der Waals surface area (Å²) in [4.78, 5) is 20.7. The van der Waals surface area contributed by atoms with E-state index in [1.54, 1.807) is 0 Å². The summed E-state index contributed by atoms with van der Waals surface area (Å²) in [6.07, 6.45) is 12.7. The van der Waals surface area contributed by atoms with Crippen molar-refractivity contribution in [3.8, 4) is 0 Å². The summed E-state index contributed by atoms with van der Waals surface area (Å²) in [7, 11) is -4.24. The van der Waals surface area contributed by atoms with Gasteiger partial charge in [-0.2, -0.15) is 0 Å². The molecule has 0 aromatic heterocycles. The van der Waals surface area contributed by atoms with Gasteiger partial charge in [0, 0.05) is 0 Å². The van der Waals surface area contributed by atoms with Crippen LogP contribution >= 0.6 is 7.60 Å². The van der Waals surface area contributed by atoms with E-state index < -0.39 is 7.60 Å². The van der Waals surface area contributed by atoms with Crippen LogP contribution in [0.2, 0.25) is 0 Å². The van der Waals surface area contributed by atoms with Crippen LogP contribution in [0.15, 0.2) is 0 Å². The fourth-order valence-electron chi connectivity index (χ4n) is 1.97. The monoisotopic (exact) mass is 376 g/mol. The first-order valence-electron chi connectivity index (χ1n) is 7.07. The van der Waals surface area contributed by atoms with Crippen molar-refractivity contribution in [2.75, 3.05) is 6.16 Å². The van der Waals surface area contributed by atoms with Crippen LogP contribution in [0, 0.1) is 0 Å². The molecule has 0 aliphatic heterocycles. The molecule has 0 aromatic rings. The minimum absolute atomic E-state index is 0. The SMILES string of the molecule is CCCCCCCCCCCCCP(=O)([O-])[O-].[Cd+2]. The van der Waals surface area contributed by atoms with Crippen molar-refractivity contribution in [3.63, 3.8) is 0 Å². The molecule has 0 atom stereocenters. The summed E-state index contributed by atoms with van der Waals surface area (Å²) in [6.45, 7) is 2.22. The molecule has 0 spiro atoms. The average molecular weight is 375 g/mol. The number of unbranched alkanes of at least 4 members (excludes halogenated alkanes) is 10. The van der Waals surface area contributed by atoms with Crippen molar-refractivity contribution in [2.45, 2.75) is 77.6 Å². The fourth-order valence-corrected chi connectivity index (χ4v) is 2.58. The van der Waals surface area contributed by atoms with E-state index in [1.807, 2.05) is 0 Å². The van der Waals surface area contributed by atoms with Crippen LogP contribution in [0.5, 0.6) is 0 Å². The maximum atomic E-state index is 10.4. The van der Waals surface area contributed by atoms with Gasteiger partial charge in [0.15, 0.2) is 0 Å². The molecule has 0 fully saturated rings. The largest absolute Gasteiger partial charge is 2.00 e. The molecule has 3 nitrogen and oxygen atoms in total. The molecular formula is C13H27CdO3P. The van der Waals surface area contributed by atoms with Crippen molar-refractivity contribution in [1.82, 2.24) is 0 Å². The van der Waals surface area contributed by atoms with Crippen molar-refractivity contribution in [3.05, 3.63) is 0 Å². The van der Waals surface area contributed by atoms with Gasteiger partial charge < -0.3 is 14.4 Å². The van der Waals surface area contributed by atoms with Crippen molar-refractivity contribution < 1.29 is 41.7 Å². The second kappa shape index (κ2) is 14.5. The zero-order valence-electron chi connectivity index (χ0n) is 11.9. The zero-order chi connectivity index (χ0) is 13.0. The van der Waals surface area contributed by atoms with Gasteiger partial charge in [-0.15, -0.1) is 0 Å². The molecule has 0 bridgehead atoms. The topological polar surface area (TPSA) is 63.2 Å². The van der Waals surface area contributed by atoms with Crippen LogP contribution in [-0.4, -0.2) is 6.16 Å². The Balaban J connectivity index is 0. The van der Waals surface area contributed by atoms with E-state index in [2.05, 4.69) is 6.92 Å². The standard InChI is InChI=1S/C13H29O3P.Cd/c1-2-3-4-5-6-7-8-9-10-11-12-13-17(14,15)16;/h2-13H2,1H3,(H2,14,15,16);/q;+2/p-2. The molecule has 104 valence electrons. The van der Waals surface area contributed by atoms with E-state index >= 15 is 0 Å². The van der Waals surface area contributed by atoms with Crippen LogP contribution in [0.3, 0.4) is 0 Å². The van der Waals surface area contributed by atoms with Crippen LogP contribution in [0.1, 0.15) is 77.6 Å². The Morgan fingerprint density at radius 2 is 1.06 bits per heavy atom. The predicted molar refractivity (Wildman–Crippen MR) is 68.9 cm³/mol. The van der Waals surface area contributed by atoms with Crippen LogP contribution in [0.4, 0.5) is 0 Å². The van der Waals surface area contributed by atoms with Gasteiger partial charge in [-0.1, -0.05) is 78.7 Å². The van der Waals surface area contributed by atoms with Gasteiger partial charge in [-0.3, -0.25) is 0 Å². The molecule has 0 unspecified atom stereocenters. The Morgan fingerprint density at radius 1 is 0.722 bits per heavy atom. The molecule has 0 N–H and O–H groups in total. The molecule has 18 heavy (non-hydrogen) atoms. The van der Waals surface area contributed by atoms with Crippen molar-refractivity contribution >= 4 is 7.60 Å².